The van der Waals surface area contributed by atoms with Crippen LogP contribution in [0.15, 0.2) is 200 Å². The summed E-state index contributed by atoms with van der Waals surface area (Å²) in [4.78, 5) is 56.9. The van der Waals surface area contributed by atoms with Gasteiger partial charge >= 0.3 is 11.9 Å². The first-order valence-electron chi connectivity index (χ1n) is 21.3. The second kappa shape index (κ2) is 26.1. The van der Waals surface area contributed by atoms with E-state index >= 15 is 0 Å². The molecule has 0 aliphatic rings. The molecule has 2 heterocycles. The number of amides is 1. The van der Waals surface area contributed by atoms with Crippen LogP contribution in [0.25, 0.3) is 39.6 Å². The quantitative estimate of drug-likeness (QED) is 0.0201. The maximum absolute atomic E-state index is 12.2. The lowest BCUT2D eigenvalue weighted by Gasteiger charge is -2.06. The van der Waals surface area contributed by atoms with Gasteiger partial charge in [0, 0.05) is 28.3 Å². The van der Waals surface area contributed by atoms with Crippen LogP contribution in [0, 0.1) is 0 Å². The Morgan fingerprint density at radius 1 is 0.544 bits per heavy atom. The Morgan fingerprint density at radius 2 is 0.926 bits per heavy atom. The number of Topliss-reactive ketones (excluding diaryl/α,β-unsaturated/α-hetero) is 1. The first-order valence-corrected chi connectivity index (χ1v) is 21.3. The van der Waals surface area contributed by atoms with Gasteiger partial charge in [0.05, 0.1) is 36.0 Å². The van der Waals surface area contributed by atoms with Gasteiger partial charge in [-0.05, 0) is 57.2 Å². The van der Waals surface area contributed by atoms with Crippen LogP contribution in [-0.2, 0) is 19.1 Å². The van der Waals surface area contributed by atoms with E-state index in [-0.39, 0.29) is 29.8 Å². The van der Waals surface area contributed by atoms with Crippen LogP contribution >= 0.6 is 0 Å². The SMILES string of the molecule is CC(=O)c1ccccc1.CCOC(=O)C(=O)/C=C(\O)c1ccccc1.CCOC(=O)c1cc(-c2ccccc2)nn1-c1ccccc1.O=C(NO)c1cc(-c2ccccc2)nn1-c1ccccc1. The first kappa shape index (κ1) is 50.0. The van der Waals surface area contributed by atoms with Gasteiger partial charge in [-0.3, -0.25) is 19.6 Å². The molecule has 0 aliphatic heterocycles. The third-order valence-corrected chi connectivity index (χ3v) is 9.37. The lowest BCUT2D eigenvalue weighted by Crippen LogP contribution is -2.22. The van der Waals surface area contributed by atoms with E-state index < -0.39 is 17.7 Å². The number of benzene rings is 6. The van der Waals surface area contributed by atoms with E-state index in [4.69, 9.17) is 9.94 Å². The largest absolute Gasteiger partial charge is 0.507 e. The molecular formula is C54H49N5O9. The molecule has 344 valence electrons. The van der Waals surface area contributed by atoms with Crippen molar-refractivity contribution in [2.24, 2.45) is 0 Å². The van der Waals surface area contributed by atoms with Crippen LogP contribution in [0.2, 0.25) is 0 Å². The molecule has 0 bridgehead atoms. The number of aromatic nitrogens is 4. The minimum absolute atomic E-state index is 0.121. The summed E-state index contributed by atoms with van der Waals surface area (Å²) in [5.74, 6) is -2.95. The van der Waals surface area contributed by atoms with E-state index in [0.717, 1.165) is 39.8 Å². The standard InChI is InChI=1S/C18H16N2O2.C16H13N3O2.C12H12O4.C8H8O/c1-2-22-18(21)17-13-16(14-9-5-3-6-10-14)19-20(17)15-11-7-4-8-12-15;20-16(18-21)15-11-14(12-7-3-1-4-8-12)17-19(15)13-9-5-2-6-10-13;1-2-16-12(15)11(14)8-10(13)9-6-4-3-5-7-9;1-7(9)8-5-3-2-4-6-8/h3-13H,2H2,1H3;1-11,21H,(H,18,20);3-8,13H,2H2,1H3;2-6H,1H3/b;;10-8-;. The Labute approximate surface area is 393 Å². The number of carbonyl (C=O) groups is 5. The molecule has 3 N–H and O–H groups in total. The molecule has 6 aromatic carbocycles. The molecule has 14 nitrogen and oxygen atoms in total. The summed E-state index contributed by atoms with van der Waals surface area (Å²) >= 11 is 0. The molecule has 0 atom stereocenters. The summed E-state index contributed by atoms with van der Waals surface area (Å²) in [6.45, 7) is 5.42. The fourth-order valence-electron chi connectivity index (χ4n) is 6.11. The number of esters is 2. The van der Waals surface area contributed by atoms with Crippen LogP contribution in [-0.4, -0.2) is 72.5 Å². The molecule has 0 aliphatic carbocycles. The number of hydrogen-bond acceptors (Lipinski definition) is 11. The highest BCUT2D eigenvalue weighted by molar-refractivity contribution is 6.39. The molecule has 0 unspecified atom stereocenters. The number of hydrogen-bond donors (Lipinski definition) is 3. The van der Waals surface area contributed by atoms with E-state index in [1.165, 1.54) is 4.68 Å². The number of nitrogens with zero attached hydrogens (tertiary/aromatic N) is 4. The van der Waals surface area contributed by atoms with Gasteiger partial charge in [0.2, 0.25) is 0 Å². The number of aliphatic hydroxyl groups excluding tert-OH is 1. The van der Waals surface area contributed by atoms with Crippen molar-refractivity contribution in [3.05, 3.63) is 223 Å². The highest BCUT2D eigenvalue weighted by Crippen LogP contribution is 2.23. The number of aliphatic hydroxyl groups is 1. The number of rotatable bonds is 12. The molecule has 0 saturated carbocycles. The number of ether oxygens (including phenoxy) is 2. The zero-order chi connectivity index (χ0) is 48.7. The third-order valence-electron chi connectivity index (χ3n) is 9.37. The summed E-state index contributed by atoms with van der Waals surface area (Å²) in [7, 11) is 0. The topological polar surface area (TPSA) is 192 Å². The fourth-order valence-corrected chi connectivity index (χ4v) is 6.11. The number of para-hydroxylation sites is 2. The van der Waals surface area contributed by atoms with Crippen molar-refractivity contribution < 1.29 is 43.8 Å². The second-order valence-electron chi connectivity index (χ2n) is 14.1. The van der Waals surface area contributed by atoms with E-state index in [1.807, 2.05) is 152 Å². The van der Waals surface area contributed by atoms with Gasteiger partial charge < -0.3 is 14.6 Å². The van der Waals surface area contributed by atoms with Gasteiger partial charge in [-0.2, -0.15) is 10.2 Å². The molecule has 0 radical (unpaired) electrons. The Hall–Kier alpha value is -9.01. The molecule has 14 heteroatoms. The summed E-state index contributed by atoms with van der Waals surface area (Å²) in [6.07, 6.45) is 0.854. The molecule has 0 spiro atoms. The van der Waals surface area contributed by atoms with Crippen molar-refractivity contribution in [1.82, 2.24) is 25.0 Å². The van der Waals surface area contributed by atoms with Crippen molar-refractivity contribution in [2.45, 2.75) is 20.8 Å². The van der Waals surface area contributed by atoms with Crippen molar-refractivity contribution in [1.29, 1.82) is 0 Å². The summed E-state index contributed by atoms with van der Waals surface area (Å²) < 4.78 is 12.8. The zero-order valence-corrected chi connectivity index (χ0v) is 37.5. The highest BCUT2D eigenvalue weighted by Gasteiger charge is 2.19. The van der Waals surface area contributed by atoms with Crippen molar-refractivity contribution >= 4 is 35.2 Å². The average Bonchev–Trinajstić information content (AvgIpc) is 4.05. The number of nitrogens with one attached hydrogen (secondary N) is 1. The third kappa shape index (κ3) is 14.5. The minimum Gasteiger partial charge on any atom is -0.507 e. The Balaban J connectivity index is 0.000000177. The Bertz CT molecular complexity index is 2890. The monoisotopic (exact) mass is 911 g/mol. The van der Waals surface area contributed by atoms with Gasteiger partial charge in [-0.15, -0.1) is 0 Å². The molecule has 1 amide bonds. The minimum atomic E-state index is -0.968. The van der Waals surface area contributed by atoms with Crippen molar-refractivity contribution in [3.8, 4) is 33.9 Å². The fraction of sp³-hybridized carbons (Fsp3) is 0.0926. The van der Waals surface area contributed by atoms with E-state index in [9.17, 15) is 29.1 Å². The molecule has 8 aromatic rings. The van der Waals surface area contributed by atoms with Crippen molar-refractivity contribution in [2.75, 3.05) is 13.2 Å². The van der Waals surface area contributed by atoms with E-state index in [1.54, 1.807) is 73.4 Å². The lowest BCUT2D eigenvalue weighted by atomic mass is 10.1. The molecule has 2 aromatic heterocycles. The molecule has 0 fully saturated rings. The highest BCUT2D eigenvalue weighted by atomic mass is 16.5. The Kier molecular flexibility index (Phi) is 19.2. The summed E-state index contributed by atoms with van der Waals surface area (Å²) in [5, 5.41) is 27.5. The maximum Gasteiger partial charge on any atom is 0.379 e. The van der Waals surface area contributed by atoms with Gasteiger partial charge in [0.15, 0.2) is 11.5 Å². The molecule has 0 saturated heterocycles. The maximum atomic E-state index is 12.2. The van der Waals surface area contributed by atoms with Crippen molar-refractivity contribution in [3.63, 3.8) is 0 Å². The van der Waals surface area contributed by atoms with Crippen LogP contribution in [0.1, 0.15) is 57.7 Å². The van der Waals surface area contributed by atoms with Crippen LogP contribution in [0.4, 0.5) is 0 Å². The molecule has 68 heavy (non-hydrogen) atoms. The summed E-state index contributed by atoms with van der Waals surface area (Å²) in [6, 6.07) is 59.3. The number of ketones is 2. The van der Waals surface area contributed by atoms with Gasteiger partial charge in [0.1, 0.15) is 11.5 Å². The zero-order valence-electron chi connectivity index (χ0n) is 37.5. The summed E-state index contributed by atoms with van der Waals surface area (Å²) in [5.41, 5.74) is 8.44. The van der Waals surface area contributed by atoms with Gasteiger partial charge in [0.25, 0.3) is 11.7 Å². The van der Waals surface area contributed by atoms with Crippen LogP contribution in [0.5, 0.6) is 0 Å². The normalized spacial score (nSPS) is 10.3. The smallest absolute Gasteiger partial charge is 0.379 e. The van der Waals surface area contributed by atoms with E-state index in [2.05, 4.69) is 14.9 Å². The predicted octanol–water partition coefficient (Wildman–Crippen LogP) is 9.98. The second-order valence-corrected chi connectivity index (χ2v) is 14.1. The average molecular weight is 912 g/mol. The van der Waals surface area contributed by atoms with Crippen LogP contribution in [0.3, 0.4) is 0 Å². The van der Waals surface area contributed by atoms with Crippen LogP contribution < -0.4 is 5.48 Å². The Morgan fingerprint density at radius 3 is 1.32 bits per heavy atom. The predicted molar refractivity (Wildman–Crippen MR) is 258 cm³/mol. The van der Waals surface area contributed by atoms with Gasteiger partial charge in [-0.25, -0.2) is 24.4 Å². The molecule has 8 rings (SSSR count). The van der Waals surface area contributed by atoms with E-state index in [0.29, 0.717) is 23.6 Å². The van der Waals surface area contributed by atoms with Gasteiger partial charge in [-0.1, -0.05) is 158 Å². The first-order chi connectivity index (χ1) is 33.0. The number of hydroxylamine groups is 1. The lowest BCUT2D eigenvalue weighted by molar-refractivity contribution is -0.151. The molecular weight excluding hydrogens is 863 g/mol. The number of carbonyl (C=O) groups excluding carboxylic acids is 5.